The number of aliphatic hydroxyl groups is 1. The Bertz CT molecular complexity index is 506. The third-order valence-electron chi connectivity index (χ3n) is 4.48. The van der Waals surface area contributed by atoms with Crippen molar-refractivity contribution in [2.75, 3.05) is 6.61 Å². The molecule has 0 saturated heterocycles. The minimum Gasteiger partial charge on any atom is -0.394 e. The zero-order valence-electron chi connectivity index (χ0n) is 11.7. The van der Waals surface area contributed by atoms with Crippen molar-refractivity contribution in [3.05, 3.63) is 34.9 Å². The first-order valence-corrected chi connectivity index (χ1v) is 7.35. The summed E-state index contributed by atoms with van der Waals surface area (Å²) >= 11 is 0. The first-order valence-electron chi connectivity index (χ1n) is 7.35. The van der Waals surface area contributed by atoms with Crippen LogP contribution in [-0.2, 0) is 18.0 Å². The molecular weight excluding hydrogens is 254 g/mol. The lowest BCUT2D eigenvalue weighted by Crippen LogP contribution is -2.52. The minimum atomic E-state index is -0.426. The molecule has 4 nitrogen and oxygen atoms in total. The third kappa shape index (κ3) is 2.58. The summed E-state index contributed by atoms with van der Waals surface area (Å²) in [6.45, 7) is 1.24. The molecule has 4 heteroatoms. The zero-order chi connectivity index (χ0) is 14.0. The number of hydrogen-bond donors (Lipinski definition) is 2. The average Bonchev–Trinajstić information content (AvgIpc) is 2.95. The summed E-state index contributed by atoms with van der Waals surface area (Å²) in [4.78, 5) is 12.4. The summed E-state index contributed by atoms with van der Waals surface area (Å²) in [7, 11) is 0. The standard InChI is InChI=1S/C16H21NO3/c18-11-16(6-2-1-3-7-16)17-15(19)12-4-5-13-9-20-10-14(13)8-12/h4-5,8,18H,1-3,6-7,9-11H2,(H,17,19). The predicted molar refractivity (Wildman–Crippen MR) is 75.3 cm³/mol. The number of fused-ring (bicyclic) bond motifs is 1. The van der Waals surface area contributed by atoms with Crippen LogP contribution in [0.1, 0.15) is 53.6 Å². The Morgan fingerprint density at radius 2 is 1.95 bits per heavy atom. The largest absolute Gasteiger partial charge is 0.394 e. The van der Waals surface area contributed by atoms with Gasteiger partial charge >= 0.3 is 0 Å². The number of aliphatic hydroxyl groups excluding tert-OH is 1. The third-order valence-corrected chi connectivity index (χ3v) is 4.48. The number of rotatable bonds is 3. The molecule has 0 bridgehead atoms. The Hall–Kier alpha value is -1.39. The van der Waals surface area contributed by atoms with E-state index < -0.39 is 5.54 Å². The molecule has 2 N–H and O–H groups in total. The van der Waals surface area contributed by atoms with Gasteiger partial charge in [-0.3, -0.25) is 4.79 Å². The monoisotopic (exact) mass is 275 g/mol. The highest BCUT2D eigenvalue weighted by molar-refractivity contribution is 5.95. The molecule has 1 aromatic carbocycles. The summed E-state index contributed by atoms with van der Waals surface area (Å²) < 4.78 is 5.37. The molecule has 0 spiro atoms. The lowest BCUT2D eigenvalue weighted by Gasteiger charge is -2.36. The highest BCUT2D eigenvalue weighted by atomic mass is 16.5. The Morgan fingerprint density at radius 3 is 2.70 bits per heavy atom. The molecule has 1 heterocycles. The van der Waals surface area contributed by atoms with E-state index in [1.165, 1.54) is 6.42 Å². The van der Waals surface area contributed by atoms with Crippen LogP contribution in [-0.4, -0.2) is 23.2 Å². The number of nitrogens with one attached hydrogen (secondary N) is 1. The van der Waals surface area contributed by atoms with Crippen LogP contribution in [0.25, 0.3) is 0 Å². The van der Waals surface area contributed by atoms with Gasteiger partial charge in [-0.2, -0.15) is 0 Å². The number of carbonyl (C=O) groups excluding carboxylic acids is 1. The van der Waals surface area contributed by atoms with Crippen molar-refractivity contribution in [3.8, 4) is 0 Å². The lowest BCUT2D eigenvalue weighted by atomic mass is 9.82. The molecule has 108 valence electrons. The van der Waals surface area contributed by atoms with Gasteiger partial charge in [0.1, 0.15) is 0 Å². The summed E-state index contributed by atoms with van der Waals surface area (Å²) in [5, 5.41) is 12.7. The molecule has 3 rings (SSSR count). The quantitative estimate of drug-likeness (QED) is 0.888. The molecule has 0 atom stereocenters. The lowest BCUT2D eigenvalue weighted by molar-refractivity contribution is 0.0758. The van der Waals surface area contributed by atoms with E-state index in [-0.39, 0.29) is 12.5 Å². The molecular formula is C16H21NO3. The number of benzene rings is 1. The van der Waals surface area contributed by atoms with Crippen LogP contribution in [0.3, 0.4) is 0 Å². The first kappa shape index (κ1) is 13.6. The summed E-state index contributed by atoms with van der Waals surface area (Å²) in [5.74, 6) is -0.0874. The van der Waals surface area contributed by atoms with Gasteiger partial charge in [-0.05, 0) is 36.1 Å². The van der Waals surface area contributed by atoms with Crippen LogP contribution in [0.5, 0.6) is 0 Å². The molecule has 1 aliphatic carbocycles. The Labute approximate surface area is 119 Å². The Kier molecular flexibility index (Phi) is 3.76. The van der Waals surface area contributed by atoms with Crippen molar-refractivity contribution in [2.24, 2.45) is 0 Å². The van der Waals surface area contributed by atoms with E-state index >= 15 is 0 Å². The van der Waals surface area contributed by atoms with Crippen LogP contribution in [0, 0.1) is 0 Å². The molecule has 1 aliphatic heterocycles. The van der Waals surface area contributed by atoms with E-state index in [2.05, 4.69) is 5.32 Å². The average molecular weight is 275 g/mol. The molecule has 0 unspecified atom stereocenters. The molecule has 1 aromatic rings. The maximum atomic E-state index is 12.4. The highest BCUT2D eigenvalue weighted by Gasteiger charge is 2.33. The van der Waals surface area contributed by atoms with Crippen LogP contribution in [0.2, 0.25) is 0 Å². The second-order valence-electron chi connectivity index (χ2n) is 5.93. The smallest absolute Gasteiger partial charge is 0.251 e. The first-order chi connectivity index (χ1) is 9.72. The van der Waals surface area contributed by atoms with E-state index in [0.717, 1.165) is 36.8 Å². The van der Waals surface area contributed by atoms with Gasteiger partial charge in [0, 0.05) is 5.56 Å². The zero-order valence-corrected chi connectivity index (χ0v) is 11.7. The van der Waals surface area contributed by atoms with Crippen molar-refractivity contribution in [1.29, 1.82) is 0 Å². The molecule has 20 heavy (non-hydrogen) atoms. The fourth-order valence-electron chi connectivity index (χ4n) is 3.18. The van der Waals surface area contributed by atoms with Crippen LogP contribution >= 0.6 is 0 Å². The van der Waals surface area contributed by atoms with Crippen molar-refractivity contribution in [1.82, 2.24) is 5.32 Å². The Balaban J connectivity index is 1.75. The second kappa shape index (κ2) is 5.54. The normalized spacial score (nSPS) is 20.4. The van der Waals surface area contributed by atoms with Gasteiger partial charge in [-0.25, -0.2) is 0 Å². The van der Waals surface area contributed by atoms with Crippen molar-refractivity contribution in [2.45, 2.75) is 50.9 Å². The molecule has 1 amide bonds. The second-order valence-corrected chi connectivity index (χ2v) is 5.93. The number of amides is 1. The van der Waals surface area contributed by atoms with Gasteiger partial charge in [0.15, 0.2) is 0 Å². The van der Waals surface area contributed by atoms with Crippen LogP contribution < -0.4 is 5.32 Å². The SMILES string of the molecule is O=C(NC1(CO)CCCCC1)c1ccc2c(c1)COC2. The van der Waals surface area contributed by atoms with Gasteiger partial charge in [-0.1, -0.05) is 25.3 Å². The minimum absolute atomic E-state index is 0.0206. The summed E-state index contributed by atoms with van der Waals surface area (Å²) in [6, 6.07) is 5.71. The van der Waals surface area contributed by atoms with Gasteiger partial charge in [0.05, 0.1) is 25.4 Å². The van der Waals surface area contributed by atoms with E-state index in [1.54, 1.807) is 0 Å². The summed E-state index contributed by atoms with van der Waals surface area (Å²) in [5.41, 5.74) is 2.49. The number of ether oxygens (including phenoxy) is 1. The van der Waals surface area contributed by atoms with Gasteiger partial charge < -0.3 is 15.2 Å². The van der Waals surface area contributed by atoms with E-state index in [9.17, 15) is 9.90 Å². The van der Waals surface area contributed by atoms with Crippen molar-refractivity contribution < 1.29 is 14.6 Å². The highest BCUT2D eigenvalue weighted by Crippen LogP contribution is 2.28. The van der Waals surface area contributed by atoms with E-state index in [0.29, 0.717) is 18.8 Å². The van der Waals surface area contributed by atoms with Crippen LogP contribution in [0.4, 0.5) is 0 Å². The Morgan fingerprint density at radius 1 is 1.20 bits per heavy atom. The molecule has 1 fully saturated rings. The van der Waals surface area contributed by atoms with E-state index in [1.807, 2.05) is 18.2 Å². The molecule has 2 aliphatic rings. The predicted octanol–water partition coefficient (Wildman–Crippen LogP) is 2.14. The molecule has 0 radical (unpaired) electrons. The summed E-state index contributed by atoms with van der Waals surface area (Å²) in [6.07, 6.45) is 5.05. The topological polar surface area (TPSA) is 58.6 Å². The maximum absolute atomic E-state index is 12.4. The number of hydrogen-bond acceptors (Lipinski definition) is 3. The molecule has 1 saturated carbocycles. The van der Waals surface area contributed by atoms with Crippen molar-refractivity contribution >= 4 is 5.91 Å². The van der Waals surface area contributed by atoms with Gasteiger partial charge in [0.2, 0.25) is 0 Å². The number of carbonyl (C=O) groups is 1. The van der Waals surface area contributed by atoms with Crippen molar-refractivity contribution in [3.63, 3.8) is 0 Å². The van der Waals surface area contributed by atoms with E-state index in [4.69, 9.17) is 4.74 Å². The fraction of sp³-hybridized carbons (Fsp3) is 0.562. The fourth-order valence-corrected chi connectivity index (χ4v) is 3.18. The molecule has 0 aromatic heterocycles. The van der Waals surface area contributed by atoms with Gasteiger partial charge in [-0.15, -0.1) is 0 Å². The van der Waals surface area contributed by atoms with Gasteiger partial charge in [0.25, 0.3) is 5.91 Å². The maximum Gasteiger partial charge on any atom is 0.251 e. The van der Waals surface area contributed by atoms with Crippen LogP contribution in [0.15, 0.2) is 18.2 Å².